The van der Waals surface area contributed by atoms with Crippen LogP contribution in [0, 0.1) is 11.8 Å². The number of hydrogen-bond donors (Lipinski definition) is 1. The van der Waals surface area contributed by atoms with Gasteiger partial charge in [-0.3, -0.25) is 0 Å². The van der Waals surface area contributed by atoms with Crippen molar-refractivity contribution < 1.29 is 8.42 Å². The molecule has 0 spiro atoms. The molecule has 0 aromatic carbocycles. The Bertz CT molecular complexity index is 209. The van der Waals surface area contributed by atoms with E-state index in [4.69, 9.17) is 5.14 Å². The molecule has 0 saturated heterocycles. The maximum atomic E-state index is 10.7. The summed E-state index contributed by atoms with van der Waals surface area (Å²) in [5.41, 5.74) is 0. The van der Waals surface area contributed by atoms with Gasteiger partial charge in [-0.25, -0.2) is 13.6 Å². The van der Waals surface area contributed by atoms with Gasteiger partial charge in [-0.05, 0) is 18.3 Å². The first-order chi connectivity index (χ1) is 5.31. The molecular formula is C8H19NO2S. The van der Waals surface area contributed by atoms with Crippen LogP contribution in [-0.2, 0) is 10.0 Å². The standard InChI is InChI=1S/C8H19NO2S/c1-7(2)4-5-8(3)6-12(9,10)11/h7-8H,4-6H2,1-3H3,(H2,9,10,11). The fraction of sp³-hybridized carbons (Fsp3) is 1.00. The third kappa shape index (κ3) is 8.01. The van der Waals surface area contributed by atoms with Crippen LogP contribution >= 0.6 is 0 Å². The number of rotatable bonds is 5. The second kappa shape index (κ2) is 4.82. The van der Waals surface area contributed by atoms with Gasteiger partial charge in [0.2, 0.25) is 10.0 Å². The predicted molar refractivity (Wildman–Crippen MR) is 51.2 cm³/mol. The maximum Gasteiger partial charge on any atom is 0.209 e. The summed E-state index contributed by atoms with van der Waals surface area (Å²) < 4.78 is 21.3. The fourth-order valence-electron chi connectivity index (χ4n) is 1.10. The third-order valence-corrected chi connectivity index (χ3v) is 2.79. The number of sulfonamides is 1. The molecule has 0 rings (SSSR count). The number of nitrogens with two attached hydrogens (primary N) is 1. The van der Waals surface area contributed by atoms with Crippen LogP contribution in [0.1, 0.15) is 33.6 Å². The van der Waals surface area contributed by atoms with Gasteiger partial charge >= 0.3 is 0 Å². The van der Waals surface area contributed by atoms with E-state index >= 15 is 0 Å². The molecule has 2 N–H and O–H groups in total. The molecule has 0 bridgehead atoms. The van der Waals surface area contributed by atoms with E-state index in [1.807, 2.05) is 6.92 Å². The summed E-state index contributed by atoms with van der Waals surface area (Å²) in [5, 5.41) is 4.91. The van der Waals surface area contributed by atoms with Crippen molar-refractivity contribution in [1.29, 1.82) is 0 Å². The molecule has 0 amide bonds. The van der Waals surface area contributed by atoms with Crippen LogP contribution in [-0.4, -0.2) is 14.2 Å². The van der Waals surface area contributed by atoms with Gasteiger partial charge in [0.1, 0.15) is 0 Å². The molecule has 3 nitrogen and oxygen atoms in total. The highest BCUT2D eigenvalue weighted by Gasteiger charge is 2.10. The Morgan fingerprint density at radius 3 is 2.00 bits per heavy atom. The minimum Gasteiger partial charge on any atom is -0.229 e. The van der Waals surface area contributed by atoms with Crippen molar-refractivity contribution in [2.75, 3.05) is 5.75 Å². The normalized spacial score (nSPS) is 15.1. The first-order valence-corrected chi connectivity index (χ1v) is 6.03. The van der Waals surface area contributed by atoms with Crippen molar-refractivity contribution in [2.24, 2.45) is 17.0 Å². The van der Waals surface area contributed by atoms with Gasteiger partial charge in [0.25, 0.3) is 0 Å². The SMILES string of the molecule is CC(C)CCC(C)CS(N)(=O)=O. The van der Waals surface area contributed by atoms with Crippen LogP contribution in [0.2, 0.25) is 0 Å². The molecule has 12 heavy (non-hydrogen) atoms. The molecular weight excluding hydrogens is 174 g/mol. The molecule has 0 aliphatic carbocycles. The van der Waals surface area contributed by atoms with E-state index in [-0.39, 0.29) is 11.7 Å². The average molecular weight is 193 g/mol. The molecule has 0 heterocycles. The minimum atomic E-state index is -3.27. The zero-order chi connectivity index (χ0) is 9.78. The highest BCUT2D eigenvalue weighted by molar-refractivity contribution is 7.89. The Kier molecular flexibility index (Phi) is 4.78. The van der Waals surface area contributed by atoms with E-state index in [9.17, 15) is 8.42 Å². The van der Waals surface area contributed by atoms with Crippen LogP contribution in [0.25, 0.3) is 0 Å². The molecule has 0 aliphatic heterocycles. The predicted octanol–water partition coefficient (Wildman–Crippen LogP) is 1.35. The molecule has 4 heteroatoms. The summed E-state index contributed by atoms with van der Waals surface area (Å²) in [7, 11) is -3.27. The summed E-state index contributed by atoms with van der Waals surface area (Å²) in [4.78, 5) is 0. The van der Waals surface area contributed by atoms with Crippen molar-refractivity contribution in [3.8, 4) is 0 Å². The van der Waals surface area contributed by atoms with Crippen LogP contribution in [0.15, 0.2) is 0 Å². The first kappa shape index (κ1) is 11.9. The Labute approximate surface area is 75.4 Å². The van der Waals surface area contributed by atoms with Gasteiger partial charge in [-0.2, -0.15) is 0 Å². The first-order valence-electron chi connectivity index (χ1n) is 4.31. The monoisotopic (exact) mass is 193 g/mol. The molecule has 0 saturated carbocycles. The van der Waals surface area contributed by atoms with Crippen LogP contribution in [0.3, 0.4) is 0 Å². The Morgan fingerprint density at radius 2 is 1.67 bits per heavy atom. The number of primary sulfonamides is 1. The molecule has 0 radical (unpaired) electrons. The van der Waals surface area contributed by atoms with Gasteiger partial charge in [0.15, 0.2) is 0 Å². The van der Waals surface area contributed by atoms with E-state index in [0.717, 1.165) is 12.8 Å². The quantitative estimate of drug-likeness (QED) is 0.716. The lowest BCUT2D eigenvalue weighted by Gasteiger charge is -2.10. The summed E-state index contributed by atoms with van der Waals surface area (Å²) in [6, 6.07) is 0. The second-order valence-electron chi connectivity index (χ2n) is 3.91. The molecule has 0 fully saturated rings. The lowest BCUT2D eigenvalue weighted by atomic mass is 10.0. The summed E-state index contributed by atoms with van der Waals surface area (Å²) >= 11 is 0. The molecule has 74 valence electrons. The third-order valence-electron chi connectivity index (χ3n) is 1.75. The highest BCUT2D eigenvalue weighted by atomic mass is 32.2. The van der Waals surface area contributed by atoms with Crippen molar-refractivity contribution >= 4 is 10.0 Å². The summed E-state index contributed by atoms with van der Waals surface area (Å²) in [5.74, 6) is 0.926. The molecule has 0 aromatic heterocycles. The van der Waals surface area contributed by atoms with E-state index in [1.165, 1.54) is 0 Å². The topological polar surface area (TPSA) is 60.2 Å². The number of hydrogen-bond acceptors (Lipinski definition) is 2. The van der Waals surface area contributed by atoms with Gasteiger partial charge in [-0.15, -0.1) is 0 Å². The van der Waals surface area contributed by atoms with Gasteiger partial charge in [0, 0.05) is 0 Å². The van der Waals surface area contributed by atoms with Crippen LogP contribution < -0.4 is 5.14 Å². The van der Waals surface area contributed by atoms with Crippen LogP contribution in [0.5, 0.6) is 0 Å². The van der Waals surface area contributed by atoms with Gasteiger partial charge in [-0.1, -0.05) is 27.2 Å². The summed E-state index contributed by atoms with van der Waals surface area (Å²) in [6.07, 6.45) is 2.00. The van der Waals surface area contributed by atoms with Crippen molar-refractivity contribution in [3.63, 3.8) is 0 Å². The van der Waals surface area contributed by atoms with Crippen molar-refractivity contribution in [2.45, 2.75) is 33.6 Å². The average Bonchev–Trinajstić information content (AvgIpc) is 1.79. The minimum absolute atomic E-state index is 0.111. The van der Waals surface area contributed by atoms with Crippen LogP contribution in [0.4, 0.5) is 0 Å². The Balaban J connectivity index is 3.68. The zero-order valence-electron chi connectivity index (χ0n) is 8.08. The lowest BCUT2D eigenvalue weighted by Crippen LogP contribution is -2.21. The van der Waals surface area contributed by atoms with Gasteiger partial charge in [0.05, 0.1) is 5.75 Å². The maximum absolute atomic E-state index is 10.7. The van der Waals surface area contributed by atoms with E-state index in [2.05, 4.69) is 13.8 Å². The lowest BCUT2D eigenvalue weighted by molar-refractivity contribution is 0.472. The Hall–Kier alpha value is -0.0900. The summed E-state index contributed by atoms with van der Waals surface area (Å²) in [6.45, 7) is 6.18. The van der Waals surface area contributed by atoms with Gasteiger partial charge < -0.3 is 0 Å². The van der Waals surface area contributed by atoms with E-state index in [1.54, 1.807) is 0 Å². The zero-order valence-corrected chi connectivity index (χ0v) is 8.89. The molecule has 0 aromatic rings. The van der Waals surface area contributed by atoms with Crippen molar-refractivity contribution in [3.05, 3.63) is 0 Å². The largest absolute Gasteiger partial charge is 0.229 e. The van der Waals surface area contributed by atoms with E-state index in [0.29, 0.717) is 5.92 Å². The molecule has 0 aliphatic rings. The van der Waals surface area contributed by atoms with E-state index < -0.39 is 10.0 Å². The van der Waals surface area contributed by atoms with Crippen molar-refractivity contribution in [1.82, 2.24) is 0 Å². The Morgan fingerprint density at radius 1 is 1.17 bits per heavy atom. The smallest absolute Gasteiger partial charge is 0.209 e. The highest BCUT2D eigenvalue weighted by Crippen LogP contribution is 2.12. The molecule has 1 atom stereocenters. The fourth-order valence-corrected chi connectivity index (χ4v) is 2.06. The molecule has 1 unspecified atom stereocenters. The second-order valence-corrected chi connectivity index (χ2v) is 5.56.